The number of fused-ring (bicyclic) bond motifs is 2. The number of nitrogens with one attached hydrogen (secondary N) is 1. The van der Waals surface area contributed by atoms with Gasteiger partial charge in [-0.05, 0) is 49.2 Å². The molecule has 1 aromatic carbocycles. The lowest BCUT2D eigenvalue weighted by atomic mass is 10.1. The van der Waals surface area contributed by atoms with Crippen LogP contribution in [0.4, 0.5) is 16.2 Å². The van der Waals surface area contributed by atoms with Crippen molar-refractivity contribution in [3.8, 4) is 5.88 Å². The first-order valence-corrected chi connectivity index (χ1v) is 13.3. The average Bonchev–Trinajstić information content (AvgIpc) is 3.52. The standard InChI is InChI=1S/C27H27N5O4S/c1-35-25-7-5-21-26(30-25)18(8-10-28-21)3-2-17-9-11-31(13-17)14-20-15-32(27(34)36-20)19-4-6-23-22(12-19)29-24(33)16-37-23/h2-8,10,12,17,20H,9,11,13-16H2,1H3,(H,29,33). The molecule has 9 nitrogen and oxygen atoms in total. The number of cyclic esters (lactones) is 1. The number of hydrogen-bond donors (Lipinski definition) is 1. The van der Waals surface area contributed by atoms with Gasteiger partial charge in [-0.25, -0.2) is 9.78 Å². The normalized spacial score (nSPS) is 21.9. The van der Waals surface area contributed by atoms with Crippen LogP contribution < -0.4 is 15.0 Å². The Hall–Kier alpha value is -3.63. The summed E-state index contributed by atoms with van der Waals surface area (Å²) in [6, 6.07) is 11.4. The molecule has 3 aliphatic rings. The van der Waals surface area contributed by atoms with Crippen LogP contribution in [0.1, 0.15) is 12.0 Å². The lowest BCUT2D eigenvalue weighted by Crippen LogP contribution is -2.33. The maximum atomic E-state index is 12.6. The lowest BCUT2D eigenvalue weighted by molar-refractivity contribution is -0.113. The van der Waals surface area contributed by atoms with Gasteiger partial charge in [0.15, 0.2) is 0 Å². The quantitative estimate of drug-likeness (QED) is 0.523. The van der Waals surface area contributed by atoms with E-state index in [9.17, 15) is 9.59 Å². The molecule has 10 heteroatoms. The molecule has 3 aliphatic heterocycles. The second-order valence-corrected chi connectivity index (χ2v) is 10.4. The van der Waals surface area contributed by atoms with Gasteiger partial charge < -0.3 is 14.8 Å². The lowest BCUT2D eigenvalue weighted by Gasteiger charge is -2.20. The molecule has 3 aromatic rings. The van der Waals surface area contributed by atoms with E-state index in [0.29, 0.717) is 30.6 Å². The predicted molar refractivity (Wildman–Crippen MR) is 143 cm³/mol. The number of ether oxygens (including phenoxy) is 2. The number of carbonyl (C=O) groups excluding carboxylic acids is 2. The molecule has 190 valence electrons. The van der Waals surface area contributed by atoms with Gasteiger partial charge in [0.05, 0.1) is 36.1 Å². The number of methoxy groups -OCH3 is 1. The molecule has 0 aliphatic carbocycles. The largest absolute Gasteiger partial charge is 0.481 e. The molecule has 1 N–H and O–H groups in total. The molecule has 0 saturated carbocycles. The topological polar surface area (TPSA) is 96.9 Å². The van der Waals surface area contributed by atoms with Crippen LogP contribution >= 0.6 is 11.8 Å². The van der Waals surface area contributed by atoms with Crippen LogP contribution in [0.5, 0.6) is 5.88 Å². The molecule has 6 rings (SSSR count). The number of benzene rings is 1. The molecule has 0 radical (unpaired) electrons. The third-order valence-electron chi connectivity index (χ3n) is 6.90. The van der Waals surface area contributed by atoms with E-state index < -0.39 is 0 Å². The number of thioether (sulfide) groups is 1. The van der Waals surface area contributed by atoms with Crippen LogP contribution in [0.25, 0.3) is 17.1 Å². The van der Waals surface area contributed by atoms with Crippen molar-refractivity contribution in [2.75, 3.05) is 49.3 Å². The maximum absolute atomic E-state index is 12.6. The van der Waals surface area contributed by atoms with Crippen molar-refractivity contribution in [1.82, 2.24) is 14.9 Å². The molecular formula is C27H27N5O4S. The second kappa shape index (κ2) is 10.0. The van der Waals surface area contributed by atoms with Gasteiger partial charge in [0, 0.05) is 41.5 Å². The summed E-state index contributed by atoms with van der Waals surface area (Å²) in [4.78, 5) is 38.4. The number of carbonyl (C=O) groups is 2. The van der Waals surface area contributed by atoms with Gasteiger partial charge in [0.2, 0.25) is 11.8 Å². The summed E-state index contributed by atoms with van der Waals surface area (Å²) in [5.41, 5.74) is 4.17. The zero-order valence-corrected chi connectivity index (χ0v) is 21.2. The van der Waals surface area contributed by atoms with Crippen molar-refractivity contribution in [1.29, 1.82) is 0 Å². The molecule has 2 aromatic heterocycles. The van der Waals surface area contributed by atoms with Crippen LogP contribution in [0.15, 0.2) is 53.6 Å². The molecule has 2 unspecified atom stereocenters. The van der Waals surface area contributed by atoms with Crippen molar-refractivity contribution in [2.45, 2.75) is 17.4 Å². The van der Waals surface area contributed by atoms with Gasteiger partial charge in [0.1, 0.15) is 6.10 Å². The monoisotopic (exact) mass is 517 g/mol. The molecule has 2 amide bonds. The van der Waals surface area contributed by atoms with E-state index in [0.717, 1.165) is 52.4 Å². The van der Waals surface area contributed by atoms with Crippen molar-refractivity contribution in [3.05, 3.63) is 54.2 Å². The van der Waals surface area contributed by atoms with E-state index in [4.69, 9.17) is 9.47 Å². The van der Waals surface area contributed by atoms with E-state index in [1.54, 1.807) is 18.2 Å². The number of aromatic nitrogens is 2. The Bertz CT molecular complexity index is 1400. The number of rotatable bonds is 6. The van der Waals surface area contributed by atoms with Gasteiger partial charge in [-0.15, -0.1) is 11.8 Å². The van der Waals surface area contributed by atoms with E-state index in [1.165, 1.54) is 11.8 Å². The Labute approximate surface area is 218 Å². The fraction of sp³-hybridized carbons (Fsp3) is 0.333. The van der Waals surface area contributed by atoms with Crippen molar-refractivity contribution in [3.63, 3.8) is 0 Å². The fourth-order valence-electron chi connectivity index (χ4n) is 5.06. The highest BCUT2D eigenvalue weighted by atomic mass is 32.2. The molecule has 0 spiro atoms. The number of likely N-dealkylation sites (tertiary alicyclic amines) is 1. The van der Waals surface area contributed by atoms with Crippen LogP contribution in [0.2, 0.25) is 0 Å². The number of pyridine rings is 2. The number of amides is 2. The van der Waals surface area contributed by atoms with E-state index >= 15 is 0 Å². The van der Waals surface area contributed by atoms with E-state index in [1.807, 2.05) is 36.4 Å². The summed E-state index contributed by atoms with van der Waals surface area (Å²) in [5.74, 6) is 1.36. The Morgan fingerprint density at radius 2 is 2.14 bits per heavy atom. The first-order valence-electron chi connectivity index (χ1n) is 12.3. The summed E-state index contributed by atoms with van der Waals surface area (Å²) in [7, 11) is 1.61. The molecule has 5 heterocycles. The highest BCUT2D eigenvalue weighted by Gasteiger charge is 2.35. The molecule has 2 fully saturated rings. The fourth-order valence-corrected chi connectivity index (χ4v) is 5.84. The van der Waals surface area contributed by atoms with E-state index in [2.05, 4.69) is 32.3 Å². The van der Waals surface area contributed by atoms with E-state index in [-0.39, 0.29) is 18.1 Å². The predicted octanol–water partition coefficient (Wildman–Crippen LogP) is 4.04. The first-order chi connectivity index (χ1) is 18.1. The summed E-state index contributed by atoms with van der Waals surface area (Å²) in [6.45, 7) is 3.05. The second-order valence-electron chi connectivity index (χ2n) is 9.42. The molecular weight excluding hydrogens is 490 g/mol. The zero-order valence-electron chi connectivity index (χ0n) is 20.4. The van der Waals surface area contributed by atoms with Gasteiger partial charge >= 0.3 is 6.09 Å². The Morgan fingerprint density at radius 1 is 1.22 bits per heavy atom. The smallest absolute Gasteiger partial charge is 0.414 e. The minimum absolute atomic E-state index is 0.0257. The Morgan fingerprint density at radius 3 is 3.03 bits per heavy atom. The van der Waals surface area contributed by atoms with Crippen LogP contribution in [0, 0.1) is 5.92 Å². The van der Waals surface area contributed by atoms with Gasteiger partial charge in [-0.2, -0.15) is 0 Å². The summed E-state index contributed by atoms with van der Waals surface area (Å²) < 4.78 is 11.0. The van der Waals surface area contributed by atoms with Gasteiger partial charge in [-0.3, -0.25) is 19.6 Å². The first kappa shape index (κ1) is 23.7. The Kier molecular flexibility index (Phi) is 6.43. The van der Waals surface area contributed by atoms with Crippen molar-refractivity contribution < 1.29 is 19.1 Å². The van der Waals surface area contributed by atoms with Crippen LogP contribution in [-0.2, 0) is 9.53 Å². The van der Waals surface area contributed by atoms with Gasteiger partial charge in [-0.1, -0.05) is 12.2 Å². The molecule has 0 bridgehead atoms. The summed E-state index contributed by atoms with van der Waals surface area (Å²) in [5, 5.41) is 2.89. The van der Waals surface area contributed by atoms with Crippen LogP contribution in [-0.4, -0.2) is 72.0 Å². The average molecular weight is 518 g/mol. The third-order valence-corrected chi connectivity index (χ3v) is 7.97. The van der Waals surface area contributed by atoms with Crippen molar-refractivity contribution in [2.24, 2.45) is 5.92 Å². The van der Waals surface area contributed by atoms with Crippen molar-refractivity contribution >= 4 is 52.2 Å². The summed E-state index contributed by atoms with van der Waals surface area (Å²) in [6.07, 6.45) is 6.66. The molecule has 2 saturated heterocycles. The minimum Gasteiger partial charge on any atom is -0.481 e. The third kappa shape index (κ3) is 4.99. The van der Waals surface area contributed by atoms with Crippen LogP contribution in [0.3, 0.4) is 0 Å². The number of hydrogen-bond acceptors (Lipinski definition) is 8. The SMILES string of the molecule is COc1ccc2nccc(C=CC3CCN(CC4CN(c5ccc6c(c5)NC(=O)CS6)C(=O)O4)C3)c2n1. The van der Waals surface area contributed by atoms with Gasteiger partial charge in [0.25, 0.3) is 0 Å². The minimum atomic E-state index is -0.345. The highest BCUT2D eigenvalue weighted by Crippen LogP contribution is 2.35. The molecule has 37 heavy (non-hydrogen) atoms. The summed E-state index contributed by atoms with van der Waals surface area (Å²) >= 11 is 1.50. The Balaban J connectivity index is 1.07. The zero-order chi connectivity index (χ0) is 25.4. The number of nitrogens with zero attached hydrogens (tertiary/aromatic N) is 4. The maximum Gasteiger partial charge on any atom is 0.414 e. The number of anilines is 2. The molecule has 2 atom stereocenters. The highest BCUT2D eigenvalue weighted by molar-refractivity contribution is 8.00.